The van der Waals surface area contributed by atoms with Crippen molar-refractivity contribution >= 4 is 11.8 Å². The Bertz CT molecular complexity index is 253. The highest BCUT2D eigenvalue weighted by molar-refractivity contribution is 5.95. The molecule has 0 spiro atoms. The second kappa shape index (κ2) is 5.13. The van der Waals surface area contributed by atoms with E-state index in [2.05, 4.69) is 0 Å². The number of alkyl halides is 4. The number of rotatable bonds is 5. The second-order valence-corrected chi connectivity index (χ2v) is 2.87. The molecule has 0 aromatic heterocycles. The standard InChI is InChI=1S/C8H12F4N2O2/c1-3-13-5(15)7(9,10)8(11,12)6(16)14-4-2/h3-4H2,1-2H3,(H,13,15)(H,14,16). The van der Waals surface area contributed by atoms with E-state index in [1.807, 2.05) is 0 Å². The summed E-state index contributed by atoms with van der Waals surface area (Å²) in [4.78, 5) is 21.4. The fourth-order valence-electron chi connectivity index (χ4n) is 0.828. The SMILES string of the molecule is CCNC(=O)C(F)(F)C(F)(F)C(=O)NCC. The molecule has 0 radical (unpaired) electrons. The molecule has 0 fully saturated rings. The average molecular weight is 244 g/mol. The van der Waals surface area contributed by atoms with E-state index in [1.54, 1.807) is 0 Å². The number of halogens is 4. The van der Waals surface area contributed by atoms with Crippen molar-refractivity contribution in [2.45, 2.75) is 25.7 Å². The predicted molar refractivity (Wildman–Crippen MR) is 47.3 cm³/mol. The van der Waals surface area contributed by atoms with Gasteiger partial charge in [-0.25, -0.2) is 0 Å². The van der Waals surface area contributed by atoms with Crippen LogP contribution in [0.25, 0.3) is 0 Å². The lowest BCUT2D eigenvalue weighted by molar-refractivity contribution is -0.211. The number of amides is 2. The van der Waals surface area contributed by atoms with Crippen LogP contribution in [0.1, 0.15) is 13.8 Å². The minimum absolute atomic E-state index is 0.236. The molecule has 0 heterocycles. The molecule has 0 saturated heterocycles. The summed E-state index contributed by atoms with van der Waals surface area (Å²) >= 11 is 0. The molecule has 0 atom stereocenters. The molecule has 0 unspecified atom stereocenters. The Morgan fingerprint density at radius 2 is 1.12 bits per heavy atom. The van der Waals surface area contributed by atoms with E-state index in [0.717, 1.165) is 0 Å². The second-order valence-electron chi connectivity index (χ2n) is 2.87. The summed E-state index contributed by atoms with van der Waals surface area (Å²) in [6, 6.07) is 0. The van der Waals surface area contributed by atoms with Gasteiger partial charge in [0.15, 0.2) is 0 Å². The molecule has 2 amide bonds. The van der Waals surface area contributed by atoms with Crippen LogP contribution in [0.15, 0.2) is 0 Å². The summed E-state index contributed by atoms with van der Waals surface area (Å²) in [5.41, 5.74) is 0. The zero-order valence-corrected chi connectivity index (χ0v) is 8.74. The lowest BCUT2D eigenvalue weighted by Crippen LogP contribution is -2.59. The van der Waals surface area contributed by atoms with E-state index in [-0.39, 0.29) is 13.1 Å². The zero-order valence-electron chi connectivity index (χ0n) is 8.74. The third-order valence-electron chi connectivity index (χ3n) is 1.64. The lowest BCUT2D eigenvalue weighted by atomic mass is 10.1. The summed E-state index contributed by atoms with van der Waals surface area (Å²) in [7, 11) is 0. The first kappa shape index (κ1) is 14.7. The maximum absolute atomic E-state index is 12.9. The van der Waals surface area contributed by atoms with Crippen molar-refractivity contribution in [3.63, 3.8) is 0 Å². The maximum atomic E-state index is 12.9. The van der Waals surface area contributed by atoms with Crippen molar-refractivity contribution < 1.29 is 27.2 Å². The maximum Gasteiger partial charge on any atom is 0.395 e. The monoisotopic (exact) mass is 244 g/mol. The Morgan fingerprint density at radius 1 is 0.875 bits per heavy atom. The highest BCUT2D eigenvalue weighted by Crippen LogP contribution is 2.34. The summed E-state index contributed by atoms with van der Waals surface area (Å²) in [5, 5.41) is 3.08. The first-order chi connectivity index (χ1) is 7.21. The molecular formula is C8H12F4N2O2. The number of hydrogen-bond acceptors (Lipinski definition) is 2. The van der Waals surface area contributed by atoms with Crippen molar-refractivity contribution in [3.8, 4) is 0 Å². The molecule has 0 rings (SSSR count). The smallest absolute Gasteiger partial charge is 0.351 e. The highest BCUT2D eigenvalue weighted by atomic mass is 19.3. The summed E-state index contributed by atoms with van der Waals surface area (Å²) in [6.45, 7) is 2.11. The Balaban J connectivity index is 4.96. The van der Waals surface area contributed by atoms with Gasteiger partial charge in [-0.3, -0.25) is 9.59 Å². The van der Waals surface area contributed by atoms with Gasteiger partial charge in [0.1, 0.15) is 0 Å². The van der Waals surface area contributed by atoms with E-state index in [9.17, 15) is 27.2 Å². The van der Waals surface area contributed by atoms with Gasteiger partial charge >= 0.3 is 11.8 Å². The van der Waals surface area contributed by atoms with Crippen LogP contribution in [0, 0.1) is 0 Å². The van der Waals surface area contributed by atoms with Crippen LogP contribution in [-0.2, 0) is 9.59 Å². The zero-order chi connectivity index (χ0) is 13.0. The fraction of sp³-hybridized carbons (Fsp3) is 0.750. The number of carbonyl (C=O) groups is 2. The lowest BCUT2D eigenvalue weighted by Gasteiger charge is -2.23. The quantitative estimate of drug-likeness (QED) is 0.693. The van der Waals surface area contributed by atoms with Crippen LogP contribution in [-0.4, -0.2) is 36.7 Å². The predicted octanol–water partition coefficient (Wildman–Crippen LogP) is 0.529. The molecule has 0 aromatic carbocycles. The topological polar surface area (TPSA) is 58.2 Å². The number of nitrogens with one attached hydrogen (secondary N) is 2. The van der Waals surface area contributed by atoms with Gasteiger partial charge in [-0.05, 0) is 13.8 Å². The average Bonchev–Trinajstić information content (AvgIpc) is 2.18. The van der Waals surface area contributed by atoms with Crippen molar-refractivity contribution in [2.75, 3.05) is 13.1 Å². The van der Waals surface area contributed by atoms with Gasteiger partial charge in [0.05, 0.1) is 0 Å². The normalized spacial score (nSPS) is 12.1. The van der Waals surface area contributed by atoms with Crippen LogP contribution >= 0.6 is 0 Å². The van der Waals surface area contributed by atoms with Crippen LogP contribution < -0.4 is 10.6 Å². The summed E-state index contributed by atoms with van der Waals surface area (Å²) in [5.74, 6) is -14.5. The molecule has 0 aliphatic heterocycles. The van der Waals surface area contributed by atoms with E-state index in [4.69, 9.17) is 0 Å². The molecule has 0 aliphatic rings. The molecular weight excluding hydrogens is 232 g/mol. The van der Waals surface area contributed by atoms with Gasteiger partial charge in [0.2, 0.25) is 0 Å². The first-order valence-electron chi connectivity index (χ1n) is 4.54. The summed E-state index contributed by atoms with van der Waals surface area (Å²) < 4.78 is 51.7. The summed E-state index contributed by atoms with van der Waals surface area (Å²) in [6.07, 6.45) is 0. The largest absolute Gasteiger partial charge is 0.395 e. The fourth-order valence-corrected chi connectivity index (χ4v) is 0.828. The van der Waals surface area contributed by atoms with Gasteiger partial charge < -0.3 is 10.6 Å². The van der Waals surface area contributed by atoms with Crippen molar-refractivity contribution in [1.82, 2.24) is 10.6 Å². The van der Waals surface area contributed by atoms with E-state index >= 15 is 0 Å². The molecule has 0 bridgehead atoms. The van der Waals surface area contributed by atoms with Crippen molar-refractivity contribution in [1.29, 1.82) is 0 Å². The Morgan fingerprint density at radius 3 is 1.31 bits per heavy atom. The number of carbonyl (C=O) groups excluding carboxylic acids is 2. The van der Waals surface area contributed by atoms with Crippen LogP contribution in [0.3, 0.4) is 0 Å². The minimum atomic E-state index is -5.07. The molecule has 16 heavy (non-hydrogen) atoms. The van der Waals surface area contributed by atoms with Gasteiger partial charge in [-0.2, -0.15) is 17.6 Å². The van der Waals surface area contributed by atoms with Crippen LogP contribution in [0.4, 0.5) is 17.6 Å². The molecule has 2 N–H and O–H groups in total. The third kappa shape index (κ3) is 2.61. The highest BCUT2D eigenvalue weighted by Gasteiger charge is 2.66. The molecule has 4 nitrogen and oxygen atoms in total. The Kier molecular flexibility index (Phi) is 4.70. The van der Waals surface area contributed by atoms with E-state index < -0.39 is 23.7 Å². The van der Waals surface area contributed by atoms with Gasteiger partial charge in [0.25, 0.3) is 11.8 Å². The number of hydrogen-bond donors (Lipinski definition) is 2. The molecule has 94 valence electrons. The molecule has 0 aromatic rings. The third-order valence-corrected chi connectivity index (χ3v) is 1.64. The Labute approximate surface area is 89.4 Å². The molecule has 0 aliphatic carbocycles. The first-order valence-corrected chi connectivity index (χ1v) is 4.54. The van der Waals surface area contributed by atoms with Gasteiger partial charge in [-0.15, -0.1) is 0 Å². The van der Waals surface area contributed by atoms with E-state index in [0.29, 0.717) is 0 Å². The van der Waals surface area contributed by atoms with Gasteiger partial charge in [-0.1, -0.05) is 0 Å². The van der Waals surface area contributed by atoms with Gasteiger partial charge in [0, 0.05) is 13.1 Å². The minimum Gasteiger partial charge on any atom is -0.351 e. The molecule has 0 saturated carbocycles. The molecule has 8 heteroatoms. The van der Waals surface area contributed by atoms with E-state index in [1.165, 1.54) is 24.5 Å². The Hall–Kier alpha value is -1.34. The van der Waals surface area contributed by atoms with Crippen LogP contribution in [0.5, 0.6) is 0 Å². The van der Waals surface area contributed by atoms with Crippen molar-refractivity contribution in [3.05, 3.63) is 0 Å². The van der Waals surface area contributed by atoms with Crippen LogP contribution in [0.2, 0.25) is 0 Å². The van der Waals surface area contributed by atoms with Crippen molar-refractivity contribution in [2.24, 2.45) is 0 Å².